The number of allylic oxidation sites excluding steroid dienone is 1. The van der Waals surface area contributed by atoms with Gasteiger partial charge in [0.25, 0.3) is 0 Å². The highest BCUT2D eigenvalue weighted by Gasteiger charge is 2.21. The maximum atomic E-state index is 12.5. The summed E-state index contributed by atoms with van der Waals surface area (Å²) in [6.07, 6.45) is 1.66. The first-order valence-electron chi connectivity index (χ1n) is 9.57. The van der Waals surface area contributed by atoms with Crippen molar-refractivity contribution in [1.29, 1.82) is 0 Å². The third kappa shape index (κ3) is 3.35. The second-order valence-corrected chi connectivity index (χ2v) is 7.14. The number of carbonyl (C=O) groups is 1. The maximum absolute atomic E-state index is 12.5. The van der Waals surface area contributed by atoms with Crippen LogP contribution < -0.4 is 20.5 Å². The summed E-state index contributed by atoms with van der Waals surface area (Å²) in [5, 5.41) is 13.3. The lowest BCUT2D eigenvalue weighted by molar-refractivity contribution is -0.116. The first-order valence-corrected chi connectivity index (χ1v) is 9.57. The number of nitrogens with zero attached hydrogens (tertiary/aromatic N) is 2. The number of nitrogens with one attached hydrogen (secondary N) is 2. The van der Waals surface area contributed by atoms with Gasteiger partial charge < -0.3 is 24.9 Å². The van der Waals surface area contributed by atoms with Crippen LogP contribution in [0.3, 0.4) is 0 Å². The van der Waals surface area contributed by atoms with E-state index in [0.717, 1.165) is 27.1 Å². The van der Waals surface area contributed by atoms with Gasteiger partial charge in [-0.3, -0.25) is 14.4 Å². The number of aromatic nitrogens is 2. The summed E-state index contributed by atoms with van der Waals surface area (Å²) in [4.78, 5) is 31.9. The fraction of sp³-hybridized carbons (Fsp3) is 0.136. The van der Waals surface area contributed by atoms with Crippen molar-refractivity contribution < 1.29 is 19.4 Å². The minimum atomic E-state index is -0.592. The van der Waals surface area contributed by atoms with Gasteiger partial charge in [-0.2, -0.15) is 0 Å². The summed E-state index contributed by atoms with van der Waals surface area (Å²) < 4.78 is 11.5. The largest absolute Gasteiger partial charge is 0.493 e. The number of amides is 1. The van der Waals surface area contributed by atoms with Gasteiger partial charge in [-0.05, 0) is 31.2 Å². The van der Waals surface area contributed by atoms with E-state index in [-0.39, 0.29) is 24.9 Å². The summed E-state index contributed by atoms with van der Waals surface area (Å²) in [6.45, 7) is 1.63. The highest BCUT2D eigenvalue weighted by Crippen LogP contribution is 2.36. The van der Waals surface area contributed by atoms with Crippen molar-refractivity contribution >= 4 is 34.6 Å². The van der Waals surface area contributed by atoms with Crippen LogP contribution in [0.4, 0.5) is 11.4 Å². The summed E-state index contributed by atoms with van der Waals surface area (Å²) in [5.41, 5.74) is 3.42. The average molecular weight is 418 g/mol. The van der Waals surface area contributed by atoms with Gasteiger partial charge in [-0.1, -0.05) is 18.2 Å². The molecule has 0 unspecified atom stereocenters. The zero-order valence-corrected chi connectivity index (χ0v) is 16.5. The van der Waals surface area contributed by atoms with Crippen molar-refractivity contribution in [2.45, 2.75) is 13.5 Å². The van der Waals surface area contributed by atoms with Crippen molar-refractivity contribution in [2.75, 3.05) is 12.1 Å². The van der Waals surface area contributed by atoms with Crippen LogP contribution in [0.25, 0.3) is 11.6 Å². The molecule has 0 atom stereocenters. The van der Waals surface area contributed by atoms with Crippen LogP contribution in [0.15, 0.2) is 52.3 Å². The first-order chi connectivity index (χ1) is 15.0. The molecule has 0 spiro atoms. The molecule has 3 aromatic rings. The lowest BCUT2D eigenvalue weighted by atomic mass is 10.0. The monoisotopic (exact) mass is 418 g/mol. The number of H-pyrrole nitrogens is 1. The number of rotatable bonds is 4. The first kappa shape index (κ1) is 18.7. The number of benzene rings is 2. The molecule has 1 amide bonds. The molecule has 0 fully saturated rings. The molecule has 0 bridgehead atoms. The zero-order chi connectivity index (χ0) is 21.5. The van der Waals surface area contributed by atoms with Gasteiger partial charge in [-0.25, -0.2) is 4.79 Å². The van der Waals surface area contributed by atoms with Gasteiger partial charge in [0, 0.05) is 28.6 Å². The number of anilines is 1. The standard InChI is InChI=1S/C22H18N4O5/c1-12-15(14-4-2-3-5-16(14)23-12)9-17-21(28)26(22(29)25-17)10-20(27)24-13-6-7-18-19(8-13)31-11-30-18/h2-9,28H,10-11H2,1H3,(H,24,27)(H,25,29)/b15-9-. The molecule has 0 saturated heterocycles. The van der Waals surface area contributed by atoms with Crippen molar-refractivity contribution in [3.8, 4) is 17.4 Å². The molecule has 0 saturated carbocycles. The average Bonchev–Trinajstić information content (AvgIpc) is 3.41. The van der Waals surface area contributed by atoms with Gasteiger partial charge in [0.15, 0.2) is 11.5 Å². The molecule has 2 aromatic carbocycles. The Bertz CT molecular complexity index is 1330. The third-order valence-electron chi connectivity index (χ3n) is 5.10. The Morgan fingerprint density at radius 2 is 2.06 bits per heavy atom. The van der Waals surface area contributed by atoms with Gasteiger partial charge >= 0.3 is 5.69 Å². The molecular weight excluding hydrogens is 400 g/mol. The molecular formula is C22H18N4O5. The quantitative estimate of drug-likeness (QED) is 0.602. The van der Waals surface area contributed by atoms with E-state index in [0.29, 0.717) is 17.2 Å². The number of aliphatic imine (C=N–C) groups is 1. The molecule has 3 N–H and O–H groups in total. The number of imidazole rings is 1. The second kappa shape index (κ2) is 7.21. The van der Waals surface area contributed by atoms with Crippen LogP contribution in [0.5, 0.6) is 17.4 Å². The number of aromatic hydroxyl groups is 1. The van der Waals surface area contributed by atoms with Crippen LogP contribution in [0.2, 0.25) is 0 Å². The molecule has 5 rings (SSSR count). The number of para-hydroxylation sites is 1. The van der Waals surface area contributed by atoms with Gasteiger partial charge in [0.05, 0.1) is 5.69 Å². The Kier molecular flexibility index (Phi) is 4.36. The smallest absolute Gasteiger partial charge is 0.329 e. The summed E-state index contributed by atoms with van der Waals surface area (Å²) >= 11 is 0. The number of carbonyl (C=O) groups excluding carboxylic acids is 1. The number of hydrogen-bond donors (Lipinski definition) is 3. The molecule has 31 heavy (non-hydrogen) atoms. The number of ether oxygens (including phenoxy) is 2. The van der Waals surface area contributed by atoms with E-state index in [1.807, 2.05) is 31.2 Å². The SMILES string of the molecule is CC1=Nc2ccccc2/C1=C\c1[nH]c(=O)n(CC(=O)Nc2ccc3c(c2)OCO3)c1O. The molecule has 1 aromatic heterocycles. The van der Waals surface area contributed by atoms with Crippen molar-refractivity contribution in [3.63, 3.8) is 0 Å². The molecule has 2 aliphatic rings. The number of hydrogen-bond acceptors (Lipinski definition) is 6. The Morgan fingerprint density at radius 1 is 1.26 bits per heavy atom. The summed E-state index contributed by atoms with van der Waals surface area (Å²) in [7, 11) is 0. The predicted molar refractivity (Wildman–Crippen MR) is 115 cm³/mol. The van der Waals surface area contributed by atoms with Crippen LogP contribution >= 0.6 is 0 Å². The zero-order valence-electron chi connectivity index (χ0n) is 16.5. The van der Waals surface area contributed by atoms with Crippen molar-refractivity contribution in [1.82, 2.24) is 9.55 Å². The molecule has 0 radical (unpaired) electrons. The third-order valence-corrected chi connectivity index (χ3v) is 5.10. The summed E-state index contributed by atoms with van der Waals surface area (Å²) in [5.74, 6) is 0.332. The number of fused-ring (bicyclic) bond motifs is 2. The second-order valence-electron chi connectivity index (χ2n) is 7.14. The topological polar surface area (TPSA) is 118 Å². The minimum absolute atomic E-state index is 0.131. The highest BCUT2D eigenvalue weighted by molar-refractivity contribution is 6.31. The Hall–Kier alpha value is -4.27. The van der Waals surface area contributed by atoms with E-state index in [1.54, 1.807) is 24.3 Å². The molecule has 156 valence electrons. The lowest BCUT2D eigenvalue weighted by Gasteiger charge is -2.07. The van der Waals surface area contributed by atoms with Crippen LogP contribution in [0.1, 0.15) is 18.2 Å². The highest BCUT2D eigenvalue weighted by atomic mass is 16.7. The van der Waals surface area contributed by atoms with Gasteiger partial charge in [-0.15, -0.1) is 0 Å². The molecule has 3 heterocycles. The fourth-order valence-corrected chi connectivity index (χ4v) is 3.61. The fourth-order valence-electron chi connectivity index (χ4n) is 3.61. The van der Waals surface area contributed by atoms with E-state index in [1.165, 1.54) is 0 Å². The van der Waals surface area contributed by atoms with E-state index in [4.69, 9.17) is 9.47 Å². The van der Waals surface area contributed by atoms with Gasteiger partial charge in [0.1, 0.15) is 12.2 Å². The van der Waals surface area contributed by atoms with Gasteiger partial charge in [0.2, 0.25) is 18.6 Å². The van der Waals surface area contributed by atoms with Crippen molar-refractivity contribution in [3.05, 3.63) is 64.2 Å². The van der Waals surface area contributed by atoms with E-state index >= 15 is 0 Å². The molecule has 0 aliphatic carbocycles. The lowest BCUT2D eigenvalue weighted by Crippen LogP contribution is -2.25. The van der Waals surface area contributed by atoms with Crippen LogP contribution in [-0.2, 0) is 11.3 Å². The van der Waals surface area contributed by atoms with E-state index < -0.39 is 11.6 Å². The molecule has 9 nitrogen and oxygen atoms in total. The van der Waals surface area contributed by atoms with Crippen LogP contribution in [0, 0.1) is 0 Å². The Morgan fingerprint density at radius 3 is 2.94 bits per heavy atom. The maximum Gasteiger partial charge on any atom is 0.329 e. The Balaban J connectivity index is 1.38. The van der Waals surface area contributed by atoms with Crippen LogP contribution in [-0.4, -0.2) is 33.1 Å². The normalized spacial score (nSPS) is 15.1. The summed E-state index contributed by atoms with van der Waals surface area (Å²) in [6, 6.07) is 12.6. The van der Waals surface area contributed by atoms with E-state index in [9.17, 15) is 14.7 Å². The molecule has 2 aliphatic heterocycles. The Labute approximate surface area is 176 Å². The minimum Gasteiger partial charge on any atom is -0.493 e. The van der Waals surface area contributed by atoms with E-state index in [2.05, 4.69) is 15.3 Å². The molecule has 9 heteroatoms. The number of aromatic amines is 1. The predicted octanol–water partition coefficient (Wildman–Crippen LogP) is 2.90. The van der Waals surface area contributed by atoms with Crippen molar-refractivity contribution in [2.24, 2.45) is 4.99 Å².